The lowest BCUT2D eigenvalue weighted by molar-refractivity contribution is -0.118. The van der Waals surface area contributed by atoms with Crippen molar-refractivity contribution >= 4 is 44.6 Å². The highest BCUT2D eigenvalue weighted by atomic mass is 79.9. The van der Waals surface area contributed by atoms with Crippen LogP contribution in [0, 0.1) is 20.8 Å². The largest absolute Gasteiger partial charge is 0.484 e. The van der Waals surface area contributed by atoms with Crippen LogP contribution in [0.15, 0.2) is 87.2 Å². The topological polar surface area (TPSA) is 90.5 Å². The molecule has 5 aromatic rings. The Balaban J connectivity index is 1.34. The molecule has 0 saturated carbocycles. The van der Waals surface area contributed by atoms with Crippen LogP contribution in [-0.4, -0.2) is 33.0 Å². The molecule has 3 aromatic carbocycles. The van der Waals surface area contributed by atoms with Crippen molar-refractivity contribution < 1.29 is 9.53 Å². The van der Waals surface area contributed by atoms with Gasteiger partial charge in [-0.25, -0.2) is 4.98 Å². The van der Waals surface area contributed by atoms with Gasteiger partial charge in [0.2, 0.25) is 0 Å². The first kappa shape index (κ1) is 29.0. The second kappa shape index (κ2) is 12.6. The molecule has 0 spiro atoms. The minimum atomic E-state index is -0.218. The van der Waals surface area contributed by atoms with Crippen LogP contribution in [-0.2, 0) is 11.2 Å². The molecular weight excluding hydrogens is 594 g/mol. The summed E-state index contributed by atoms with van der Waals surface area (Å²) in [5.41, 5.74) is 6.06. The van der Waals surface area contributed by atoms with Crippen molar-refractivity contribution in [2.24, 2.45) is 5.10 Å². The summed E-state index contributed by atoms with van der Waals surface area (Å²) in [6, 6.07) is 22.8. The predicted molar refractivity (Wildman–Crippen MR) is 171 cm³/mol. The summed E-state index contributed by atoms with van der Waals surface area (Å²) in [5.74, 6) is 1.01. The van der Waals surface area contributed by atoms with Gasteiger partial charge in [0.1, 0.15) is 11.6 Å². The van der Waals surface area contributed by atoms with Crippen molar-refractivity contribution in [3.8, 4) is 11.4 Å². The molecule has 0 aliphatic rings. The molecule has 1 N–H and O–H groups in total. The number of carbonyl (C=O) groups is 1. The standard InChI is InChI=1S/C33H32BrN5O3/c1-5-8-31-36-30-16-11-25(34)18-28(30)33(41)39(31)35-19-24-17-22(3)38(23(24)4)26-12-14-27(15-13-26)42-20-32(40)37-29-10-7-6-9-21(29)2/h6-7,9-19H,5,8,20H2,1-4H3,(H,37,40). The van der Waals surface area contributed by atoms with Crippen molar-refractivity contribution in [1.82, 2.24) is 14.2 Å². The maximum Gasteiger partial charge on any atom is 0.282 e. The van der Waals surface area contributed by atoms with E-state index in [-0.39, 0.29) is 18.1 Å². The molecule has 0 aliphatic carbocycles. The maximum atomic E-state index is 13.4. The first-order valence-electron chi connectivity index (χ1n) is 13.8. The number of carbonyl (C=O) groups excluding carboxylic acids is 1. The summed E-state index contributed by atoms with van der Waals surface area (Å²) >= 11 is 3.45. The number of anilines is 1. The highest BCUT2D eigenvalue weighted by Gasteiger charge is 2.13. The van der Waals surface area contributed by atoms with Gasteiger partial charge in [0.05, 0.1) is 17.1 Å². The Morgan fingerprint density at radius 1 is 1.05 bits per heavy atom. The predicted octanol–water partition coefficient (Wildman–Crippen LogP) is 6.73. The van der Waals surface area contributed by atoms with E-state index in [0.717, 1.165) is 44.8 Å². The van der Waals surface area contributed by atoms with E-state index in [1.54, 1.807) is 12.3 Å². The average Bonchev–Trinajstić information content (AvgIpc) is 3.26. The van der Waals surface area contributed by atoms with Crippen molar-refractivity contribution in [2.45, 2.75) is 40.5 Å². The molecule has 2 aromatic heterocycles. The quantitative estimate of drug-likeness (QED) is 0.184. The van der Waals surface area contributed by atoms with Gasteiger partial charge in [-0.15, -0.1) is 0 Å². The number of ether oxygens (including phenoxy) is 1. The van der Waals surface area contributed by atoms with Gasteiger partial charge < -0.3 is 14.6 Å². The van der Waals surface area contributed by atoms with Gasteiger partial charge in [0, 0.05) is 39.2 Å². The molecule has 8 nitrogen and oxygen atoms in total. The number of benzene rings is 3. The van der Waals surface area contributed by atoms with E-state index in [1.165, 1.54) is 4.68 Å². The lowest BCUT2D eigenvalue weighted by atomic mass is 10.2. The summed E-state index contributed by atoms with van der Waals surface area (Å²) in [7, 11) is 0. The van der Waals surface area contributed by atoms with Gasteiger partial charge in [0.25, 0.3) is 11.5 Å². The second-order valence-electron chi connectivity index (χ2n) is 10.1. The Kier molecular flexibility index (Phi) is 8.68. The monoisotopic (exact) mass is 625 g/mol. The third-order valence-corrected chi connectivity index (χ3v) is 7.51. The fraction of sp³-hybridized carbons (Fsp3) is 0.212. The number of hydrogen-bond acceptors (Lipinski definition) is 5. The number of nitrogens with zero attached hydrogens (tertiary/aromatic N) is 4. The molecule has 0 aliphatic heterocycles. The molecule has 0 radical (unpaired) electrons. The number of rotatable bonds is 9. The minimum absolute atomic E-state index is 0.0875. The van der Waals surface area contributed by atoms with E-state index in [4.69, 9.17) is 9.72 Å². The van der Waals surface area contributed by atoms with Crippen molar-refractivity contribution in [3.63, 3.8) is 0 Å². The van der Waals surface area contributed by atoms with E-state index >= 15 is 0 Å². The lowest BCUT2D eigenvalue weighted by Gasteiger charge is -2.12. The molecule has 0 fully saturated rings. The maximum absolute atomic E-state index is 13.4. The van der Waals surface area contributed by atoms with Crippen LogP contribution in [0.3, 0.4) is 0 Å². The van der Waals surface area contributed by atoms with Crippen LogP contribution in [0.5, 0.6) is 5.75 Å². The molecule has 214 valence electrons. The second-order valence-corrected chi connectivity index (χ2v) is 11.0. The summed E-state index contributed by atoms with van der Waals surface area (Å²) in [6.45, 7) is 7.95. The number of aryl methyl sites for hydroxylation is 3. The number of amides is 1. The van der Waals surface area contributed by atoms with E-state index in [1.807, 2.05) is 87.5 Å². The third-order valence-electron chi connectivity index (χ3n) is 7.02. The molecule has 0 bridgehead atoms. The lowest BCUT2D eigenvalue weighted by Crippen LogP contribution is -2.22. The number of aromatic nitrogens is 3. The number of fused-ring (bicyclic) bond motifs is 1. The molecule has 5 rings (SSSR count). The number of para-hydroxylation sites is 1. The highest BCUT2D eigenvalue weighted by molar-refractivity contribution is 9.10. The number of halogens is 1. The van der Waals surface area contributed by atoms with Crippen LogP contribution in [0.4, 0.5) is 5.69 Å². The van der Waals surface area contributed by atoms with Crippen molar-refractivity contribution in [1.29, 1.82) is 0 Å². The molecule has 9 heteroatoms. The molecular formula is C33H32BrN5O3. The SMILES string of the molecule is CCCc1nc2ccc(Br)cc2c(=O)n1N=Cc1cc(C)n(-c2ccc(OCC(=O)Nc3ccccc3C)cc2)c1C. The van der Waals surface area contributed by atoms with Gasteiger partial charge >= 0.3 is 0 Å². The van der Waals surface area contributed by atoms with Gasteiger partial charge in [0.15, 0.2) is 6.61 Å². The molecule has 0 atom stereocenters. The Labute approximate surface area is 252 Å². The van der Waals surface area contributed by atoms with E-state index in [0.29, 0.717) is 28.9 Å². The normalized spacial score (nSPS) is 11.4. The van der Waals surface area contributed by atoms with Gasteiger partial charge in [-0.2, -0.15) is 9.78 Å². The summed E-state index contributed by atoms with van der Waals surface area (Å²) in [5, 5.41) is 8.00. The zero-order chi connectivity index (χ0) is 29.8. The fourth-order valence-corrected chi connectivity index (χ4v) is 5.24. The first-order chi connectivity index (χ1) is 20.2. The van der Waals surface area contributed by atoms with Gasteiger partial charge in [-0.1, -0.05) is 41.1 Å². The Morgan fingerprint density at radius 2 is 1.81 bits per heavy atom. The Morgan fingerprint density at radius 3 is 2.55 bits per heavy atom. The summed E-state index contributed by atoms with van der Waals surface area (Å²) in [4.78, 5) is 30.4. The molecule has 0 saturated heterocycles. The zero-order valence-electron chi connectivity index (χ0n) is 24.0. The van der Waals surface area contributed by atoms with Crippen LogP contribution in [0.25, 0.3) is 16.6 Å². The van der Waals surface area contributed by atoms with E-state index in [9.17, 15) is 9.59 Å². The van der Waals surface area contributed by atoms with E-state index < -0.39 is 0 Å². The van der Waals surface area contributed by atoms with E-state index in [2.05, 4.69) is 37.8 Å². The highest BCUT2D eigenvalue weighted by Crippen LogP contribution is 2.23. The fourth-order valence-electron chi connectivity index (χ4n) is 4.87. The first-order valence-corrected chi connectivity index (χ1v) is 14.6. The Bertz CT molecular complexity index is 1850. The summed E-state index contributed by atoms with van der Waals surface area (Å²) in [6.07, 6.45) is 3.20. The third kappa shape index (κ3) is 6.21. The minimum Gasteiger partial charge on any atom is -0.484 e. The summed E-state index contributed by atoms with van der Waals surface area (Å²) < 4.78 is 10.1. The number of hydrogen-bond donors (Lipinski definition) is 1. The smallest absolute Gasteiger partial charge is 0.282 e. The van der Waals surface area contributed by atoms with Gasteiger partial charge in [-0.05, 0) is 87.4 Å². The van der Waals surface area contributed by atoms with Crippen molar-refractivity contribution in [2.75, 3.05) is 11.9 Å². The molecule has 0 unspecified atom stereocenters. The van der Waals surface area contributed by atoms with Crippen LogP contribution in [0.1, 0.15) is 41.7 Å². The number of nitrogens with one attached hydrogen (secondary N) is 1. The van der Waals surface area contributed by atoms with Crippen LogP contribution >= 0.6 is 15.9 Å². The van der Waals surface area contributed by atoms with Crippen molar-refractivity contribution in [3.05, 3.63) is 116 Å². The average molecular weight is 627 g/mol. The van der Waals surface area contributed by atoms with Crippen LogP contribution < -0.4 is 15.6 Å². The van der Waals surface area contributed by atoms with Gasteiger partial charge in [-0.3, -0.25) is 9.59 Å². The Hall–Kier alpha value is -4.50. The molecule has 2 heterocycles. The molecule has 42 heavy (non-hydrogen) atoms. The van der Waals surface area contributed by atoms with Crippen LogP contribution in [0.2, 0.25) is 0 Å². The molecule has 1 amide bonds. The zero-order valence-corrected chi connectivity index (χ0v) is 25.6.